The van der Waals surface area contributed by atoms with E-state index < -0.39 is 17.6 Å². The Balaban J connectivity index is 2.54. The Labute approximate surface area is 127 Å². The summed E-state index contributed by atoms with van der Waals surface area (Å²) in [5.74, 6) is -0.454. The van der Waals surface area contributed by atoms with E-state index in [1.165, 1.54) is 0 Å². The summed E-state index contributed by atoms with van der Waals surface area (Å²) >= 11 is 0. The van der Waals surface area contributed by atoms with Gasteiger partial charge in [-0.3, -0.25) is 9.69 Å². The molecule has 1 rings (SSSR count). The molecule has 21 heavy (non-hydrogen) atoms. The van der Waals surface area contributed by atoms with E-state index in [0.29, 0.717) is 38.5 Å². The molecule has 0 aromatic rings. The number of amides is 1. The lowest BCUT2D eigenvalue weighted by molar-refractivity contribution is -0.144. The van der Waals surface area contributed by atoms with E-state index >= 15 is 0 Å². The lowest BCUT2D eigenvalue weighted by Crippen LogP contribution is -2.54. The third-order valence-electron chi connectivity index (χ3n) is 3.39. The number of carboxylic acid groups (broad SMARTS) is 1. The Bertz CT molecular complexity index is 368. The fraction of sp³-hybridized carbons (Fsp3) is 0.867. The van der Waals surface area contributed by atoms with Crippen molar-refractivity contribution in [3.05, 3.63) is 0 Å². The third kappa shape index (κ3) is 5.91. The van der Waals surface area contributed by atoms with E-state index in [2.05, 4.69) is 0 Å². The van der Waals surface area contributed by atoms with Gasteiger partial charge in [0.1, 0.15) is 11.6 Å². The van der Waals surface area contributed by atoms with E-state index in [1.807, 2.05) is 39.5 Å². The second-order valence-electron chi connectivity index (χ2n) is 6.99. The van der Waals surface area contributed by atoms with Gasteiger partial charge < -0.3 is 14.7 Å². The predicted octanol–water partition coefficient (Wildman–Crippen LogP) is 2.04. The van der Waals surface area contributed by atoms with Crippen LogP contribution in [-0.2, 0) is 9.53 Å². The molecule has 1 N–H and O–H groups in total. The van der Waals surface area contributed by atoms with Crippen LogP contribution in [0.5, 0.6) is 0 Å². The number of carbonyl (C=O) groups is 2. The Morgan fingerprint density at radius 1 is 1.14 bits per heavy atom. The second-order valence-corrected chi connectivity index (χ2v) is 6.99. The zero-order valence-corrected chi connectivity index (χ0v) is 13.8. The minimum atomic E-state index is -0.783. The highest BCUT2D eigenvalue weighted by atomic mass is 16.6. The highest BCUT2D eigenvalue weighted by molar-refractivity contribution is 5.73. The topological polar surface area (TPSA) is 70.1 Å². The average molecular weight is 300 g/mol. The number of hydrogen-bond donors (Lipinski definition) is 1. The smallest absolute Gasteiger partial charge is 0.410 e. The maximum absolute atomic E-state index is 12.0. The molecule has 0 aromatic carbocycles. The van der Waals surface area contributed by atoms with E-state index in [1.54, 1.807) is 4.90 Å². The molecule has 1 unspecified atom stereocenters. The third-order valence-corrected chi connectivity index (χ3v) is 3.39. The number of piperazine rings is 1. The minimum absolute atomic E-state index is 0.321. The van der Waals surface area contributed by atoms with Gasteiger partial charge in [0.05, 0.1) is 0 Å². The van der Waals surface area contributed by atoms with E-state index in [4.69, 9.17) is 4.74 Å². The fourth-order valence-electron chi connectivity index (χ4n) is 2.40. The summed E-state index contributed by atoms with van der Waals surface area (Å²) in [6.07, 6.45) is 0.305. The van der Waals surface area contributed by atoms with Gasteiger partial charge in [-0.2, -0.15) is 0 Å². The van der Waals surface area contributed by atoms with Crippen LogP contribution in [0.1, 0.15) is 41.0 Å². The first-order chi connectivity index (χ1) is 9.60. The number of carboxylic acids is 1. The van der Waals surface area contributed by atoms with Crippen molar-refractivity contribution in [2.24, 2.45) is 5.92 Å². The van der Waals surface area contributed by atoms with Crippen LogP contribution in [0.4, 0.5) is 4.79 Å². The second kappa shape index (κ2) is 7.11. The maximum Gasteiger partial charge on any atom is 0.410 e. The number of aliphatic carboxylic acids is 1. The van der Waals surface area contributed by atoms with Crippen LogP contribution >= 0.6 is 0 Å². The van der Waals surface area contributed by atoms with E-state index in [-0.39, 0.29) is 6.09 Å². The quantitative estimate of drug-likeness (QED) is 0.860. The molecular formula is C15H28N2O4. The van der Waals surface area contributed by atoms with Gasteiger partial charge in [-0.1, -0.05) is 13.8 Å². The molecule has 1 amide bonds. The first-order valence-electron chi connectivity index (χ1n) is 7.55. The predicted molar refractivity (Wildman–Crippen MR) is 80.3 cm³/mol. The molecule has 0 saturated carbocycles. The first-order valence-corrected chi connectivity index (χ1v) is 7.55. The summed E-state index contributed by atoms with van der Waals surface area (Å²) in [4.78, 5) is 27.0. The normalized spacial score (nSPS) is 18.7. The summed E-state index contributed by atoms with van der Waals surface area (Å²) < 4.78 is 5.34. The molecule has 1 aliphatic rings. The maximum atomic E-state index is 12.0. The summed E-state index contributed by atoms with van der Waals surface area (Å²) in [6, 6.07) is -0.467. The summed E-state index contributed by atoms with van der Waals surface area (Å²) in [5, 5.41) is 9.36. The van der Waals surface area contributed by atoms with Crippen molar-refractivity contribution in [2.45, 2.75) is 52.7 Å². The van der Waals surface area contributed by atoms with Gasteiger partial charge in [-0.15, -0.1) is 0 Å². The Morgan fingerprint density at radius 3 is 2.05 bits per heavy atom. The van der Waals surface area contributed by atoms with Crippen LogP contribution in [0.2, 0.25) is 0 Å². The van der Waals surface area contributed by atoms with Crippen LogP contribution in [0.15, 0.2) is 0 Å². The average Bonchev–Trinajstić information content (AvgIpc) is 2.33. The van der Waals surface area contributed by atoms with Crippen LogP contribution in [0.3, 0.4) is 0 Å². The molecule has 1 saturated heterocycles. The summed E-state index contributed by atoms with van der Waals surface area (Å²) in [5.41, 5.74) is -0.505. The van der Waals surface area contributed by atoms with Gasteiger partial charge in [0.15, 0.2) is 0 Å². The molecule has 0 radical (unpaired) electrons. The molecule has 1 atom stereocenters. The van der Waals surface area contributed by atoms with Crippen molar-refractivity contribution in [3.8, 4) is 0 Å². The monoisotopic (exact) mass is 300 g/mol. The molecule has 0 aromatic heterocycles. The largest absolute Gasteiger partial charge is 0.480 e. The first kappa shape index (κ1) is 17.8. The van der Waals surface area contributed by atoms with Gasteiger partial charge >= 0.3 is 12.1 Å². The van der Waals surface area contributed by atoms with Crippen LogP contribution in [0, 0.1) is 5.92 Å². The molecule has 0 spiro atoms. The number of hydrogen-bond acceptors (Lipinski definition) is 4. The summed E-state index contributed by atoms with van der Waals surface area (Å²) in [7, 11) is 0. The minimum Gasteiger partial charge on any atom is -0.480 e. The van der Waals surface area contributed by atoms with E-state index in [0.717, 1.165) is 0 Å². The van der Waals surface area contributed by atoms with Crippen LogP contribution in [-0.4, -0.2) is 64.8 Å². The Kier molecular flexibility index (Phi) is 6.01. The number of rotatable bonds is 4. The molecule has 6 heteroatoms. The molecule has 0 aliphatic carbocycles. The molecule has 122 valence electrons. The molecule has 1 fully saturated rings. The molecule has 1 aliphatic heterocycles. The Hall–Kier alpha value is -1.30. The fourth-order valence-corrected chi connectivity index (χ4v) is 2.40. The number of carbonyl (C=O) groups excluding carboxylic acids is 1. The van der Waals surface area contributed by atoms with Crippen LogP contribution in [0.25, 0.3) is 0 Å². The van der Waals surface area contributed by atoms with Crippen molar-refractivity contribution in [1.82, 2.24) is 9.80 Å². The standard InChI is InChI=1S/C15H28N2O4/c1-11(2)10-12(13(18)19)16-6-8-17(9-7-16)14(20)21-15(3,4)5/h11-12H,6-10H2,1-5H3,(H,18,19). The lowest BCUT2D eigenvalue weighted by atomic mass is 10.0. The van der Waals surface area contributed by atoms with Gasteiger partial charge in [0.2, 0.25) is 0 Å². The highest BCUT2D eigenvalue weighted by Gasteiger charge is 2.32. The van der Waals surface area contributed by atoms with Gasteiger partial charge in [0.25, 0.3) is 0 Å². The molecule has 0 bridgehead atoms. The lowest BCUT2D eigenvalue weighted by Gasteiger charge is -2.38. The van der Waals surface area contributed by atoms with Crippen molar-refractivity contribution in [2.75, 3.05) is 26.2 Å². The van der Waals surface area contributed by atoms with Crippen molar-refractivity contribution >= 4 is 12.1 Å². The zero-order chi connectivity index (χ0) is 16.2. The van der Waals surface area contributed by atoms with Crippen LogP contribution < -0.4 is 0 Å². The van der Waals surface area contributed by atoms with Crippen molar-refractivity contribution in [3.63, 3.8) is 0 Å². The highest BCUT2D eigenvalue weighted by Crippen LogP contribution is 2.16. The molecular weight excluding hydrogens is 272 g/mol. The van der Waals surface area contributed by atoms with Crippen molar-refractivity contribution in [1.29, 1.82) is 0 Å². The van der Waals surface area contributed by atoms with E-state index in [9.17, 15) is 14.7 Å². The number of ether oxygens (including phenoxy) is 1. The number of nitrogens with zero attached hydrogens (tertiary/aromatic N) is 2. The van der Waals surface area contributed by atoms with Gasteiger partial charge in [-0.25, -0.2) is 4.79 Å². The molecule has 6 nitrogen and oxygen atoms in total. The summed E-state index contributed by atoms with van der Waals surface area (Å²) in [6.45, 7) is 11.7. The van der Waals surface area contributed by atoms with Gasteiger partial charge in [-0.05, 0) is 33.1 Å². The zero-order valence-electron chi connectivity index (χ0n) is 13.8. The van der Waals surface area contributed by atoms with Gasteiger partial charge in [0, 0.05) is 26.2 Å². The SMILES string of the molecule is CC(C)CC(C(=O)O)N1CCN(C(=O)OC(C)(C)C)CC1. The molecule has 1 heterocycles. The Morgan fingerprint density at radius 2 is 1.67 bits per heavy atom. The van der Waals surface area contributed by atoms with Crippen molar-refractivity contribution < 1.29 is 19.4 Å².